The second kappa shape index (κ2) is 4.48. The van der Waals surface area contributed by atoms with Gasteiger partial charge >= 0.3 is 0 Å². The van der Waals surface area contributed by atoms with Crippen molar-refractivity contribution in [1.82, 2.24) is 4.98 Å². The highest BCUT2D eigenvalue weighted by Gasteiger charge is 2.20. The Labute approximate surface area is 101 Å². The third kappa shape index (κ3) is 1.83. The molecule has 86 valence electrons. The first-order valence-corrected chi connectivity index (χ1v) is 5.99. The lowest BCUT2D eigenvalue weighted by molar-refractivity contribution is 0.498. The van der Waals surface area contributed by atoms with E-state index in [2.05, 4.69) is 18.8 Å². The van der Waals surface area contributed by atoms with Crippen LogP contribution >= 0.6 is 11.6 Å². The van der Waals surface area contributed by atoms with Crippen LogP contribution in [0.25, 0.3) is 10.9 Å². The summed E-state index contributed by atoms with van der Waals surface area (Å²) in [7, 11) is 0. The molecule has 3 N–H and O–H groups in total. The Bertz CT molecular complexity index is 488. The molecular weight excluding hydrogens is 220 g/mol. The fourth-order valence-corrected chi connectivity index (χ4v) is 2.46. The van der Waals surface area contributed by atoms with Crippen molar-refractivity contribution in [2.24, 2.45) is 11.7 Å². The van der Waals surface area contributed by atoms with Gasteiger partial charge in [-0.05, 0) is 12.0 Å². The zero-order valence-corrected chi connectivity index (χ0v) is 10.4. The lowest BCUT2D eigenvalue weighted by Crippen LogP contribution is -2.18. The molecule has 0 aliphatic rings. The van der Waals surface area contributed by atoms with Crippen LogP contribution in [-0.4, -0.2) is 11.5 Å². The van der Waals surface area contributed by atoms with Crippen molar-refractivity contribution in [2.75, 3.05) is 6.54 Å². The number of rotatable bonds is 3. The molecule has 0 fully saturated rings. The summed E-state index contributed by atoms with van der Waals surface area (Å²) < 4.78 is 0. The van der Waals surface area contributed by atoms with Crippen molar-refractivity contribution in [1.29, 1.82) is 0 Å². The van der Waals surface area contributed by atoms with E-state index in [9.17, 15) is 0 Å². The molecule has 1 unspecified atom stereocenters. The number of fused-ring (bicyclic) bond motifs is 1. The predicted molar refractivity (Wildman–Crippen MR) is 69.9 cm³/mol. The molecule has 0 saturated heterocycles. The summed E-state index contributed by atoms with van der Waals surface area (Å²) in [6, 6.07) is 8.08. The first-order valence-electron chi connectivity index (χ1n) is 5.61. The van der Waals surface area contributed by atoms with Gasteiger partial charge in [0.15, 0.2) is 0 Å². The Morgan fingerprint density at radius 1 is 1.31 bits per heavy atom. The van der Waals surface area contributed by atoms with Crippen LogP contribution in [0.3, 0.4) is 0 Å². The van der Waals surface area contributed by atoms with E-state index < -0.39 is 0 Å². The molecule has 1 aromatic heterocycles. The van der Waals surface area contributed by atoms with Crippen LogP contribution < -0.4 is 5.73 Å². The van der Waals surface area contributed by atoms with Crippen molar-refractivity contribution < 1.29 is 0 Å². The van der Waals surface area contributed by atoms with E-state index >= 15 is 0 Å². The smallest absolute Gasteiger partial charge is 0.0695 e. The van der Waals surface area contributed by atoms with Gasteiger partial charge in [0.25, 0.3) is 0 Å². The molecule has 1 atom stereocenters. The Balaban J connectivity index is 2.56. The average Bonchev–Trinajstić information content (AvgIpc) is 2.58. The molecule has 0 bridgehead atoms. The van der Waals surface area contributed by atoms with Gasteiger partial charge in [-0.15, -0.1) is 0 Å². The number of hydrogen-bond acceptors (Lipinski definition) is 1. The molecule has 2 aromatic rings. The molecule has 0 aliphatic carbocycles. The van der Waals surface area contributed by atoms with Crippen molar-refractivity contribution in [2.45, 2.75) is 19.8 Å². The zero-order chi connectivity index (χ0) is 11.7. The highest BCUT2D eigenvalue weighted by molar-refractivity contribution is 6.36. The number of benzene rings is 1. The number of nitrogens with two attached hydrogens (primary N) is 1. The largest absolute Gasteiger partial charge is 0.357 e. The molecule has 3 heteroatoms. The Morgan fingerprint density at radius 2 is 2.00 bits per heavy atom. The van der Waals surface area contributed by atoms with E-state index in [0.29, 0.717) is 18.4 Å². The maximum absolute atomic E-state index is 6.39. The minimum atomic E-state index is 0.292. The normalized spacial score (nSPS) is 13.6. The summed E-state index contributed by atoms with van der Waals surface area (Å²) in [4.78, 5) is 3.38. The number of hydrogen-bond donors (Lipinski definition) is 2. The Kier molecular flexibility index (Phi) is 3.22. The molecule has 1 aromatic carbocycles. The topological polar surface area (TPSA) is 41.8 Å². The molecule has 16 heavy (non-hydrogen) atoms. The number of aromatic amines is 1. The number of aromatic nitrogens is 1. The summed E-state index contributed by atoms with van der Waals surface area (Å²) >= 11 is 6.39. The van der Waals surface area contributed by atoms with Crippen LogP contribution in [0.4, 0.5) is 0 Å². The van der Waals surface area contributed by atoms with Gasteiger partial charge < -0.3 is 10.7 Å². The fourth-order valence-electron chi connectivity index (χ4n) is 2.11. The molecule has 0 radical (unpaired) electrons. The van der Waals surface area contributed by atoms with Gasteiger partial charge in [-0.1, -0.05) is 43.6 Å². The van der Waals surface area contributed by atoms with Crippen LogP contribution in [-0.2, 0) is 0 Å². The standard InChI is InChI=1S/C13H17ClN2/c1-8(2)10(7-15)13-12(14)9-5-3-4-6-11(9)16-13/h3-6,8,10,16H,7,15H2,1-2H3. The molecule has 0 amide bonds. The van der Waals surface area contributed by atoms with Gasteiger partial charge in [-0.2, -0.15) is 0 Å². The summed E-state index contributed by atoms with van der Waals surface area (Å²) in [6.45, 7) is 4.95. The van der Waals surface area contributed by atoms with Crippen molar-refractivity contribution in [3.05, 3.63) is 35.0 Å². The molecule has 1 heterocycles. The van der Waals surface area contributed by atoms with E-state index in [1.165, 1.54) is 0 Å². The average molecular weight is 237 g/mol. The summed E-state index contributed by atoms with van der Waals surface area (Å²) in [5, 5.41) is 1.90. The number of para-hydroxylation sites is 1. The van der Waals surface area contributed by atoms with E-state index in [0.717, 1.165) is 21.6 Å². The highest BCUT2D eigenvalue weighted by Crippen LogP contribution is 2.34. The summed E-state index contributed by atoms with van der Waals surface area (Å²) in [6.07, 6.45) is 0. The van der Waals surface area contributed by atoms with Gasteiger partial charge in [-0.3, -0.25) is 0 Å². The second-order valence-corrected chi connectivity index (χ2v) is 4.86. The van der Waals surface area contributed by atoms with Crippen molar-refractivity contribution in [3.8, 4) is 0 Å². The van der Waals surface area contributed by atoms with Crippen molar-refractivity contribution in [3.63, 3.8) is 0 Å². The van der Waals surface area contributed by atoms with E-state index in [-0.39, 0.29) is 0 Å². The maximum atomic E-state index is 6.39. The SMILES string of the molecule is CC(C)C(CN)c1[nH]c2ccccc2c1Cl. The maximum Gasteiger partial charge on any atom is 0.0695 e. The van der Waals surface area contributed by atoms with Gasteiger partial charge in [0.1, 0.15) is 0 Å². The fraction of sp³-hybridized carbons (Fsp3) is 0.385. The lowest BCUT2D eigenvalue weighted by Gasteiger charge is -2.17. The van der Waals surface area contributed by atoms with Crippen LogP contribution in [0.1, 0.15) is 25.5 Å². The lowest BCUT2D eigenvalue weighted by atomic mass is 9.93. The van der Waals surface area contributed by atoms with Gasteiger partial charge in [-0.25, -0.2) is 0 Å². The zero-order valence-electron chi connectivity index (χ0n) is 9.63. The molecular formula is C13H17ClN2. The minimum absolute atomic E-state index is 0.292. The third-order valence-corrected chi connectivity index (χ3v) is 3.51. The molecule has 2 rings (SSSR count). The molecule has 2 nitrogen and oxygen atoms in total. The quantitative estimate of drug-likeness (QED) is 0.841. The van der Waals surface area contributed by atoms with E-state index in [1.807, 2.05) is 24.3 Å². The van der Waals surface area contributed by atoms with Gasteiger partial charge in [0, 0.05) is 29.1 Å². The number of H-pyrrole nitrogens is 1. The number of nitrogens with one attached hydrogen (secondary N) is 1. The first-order chi connectivity index (χ1) is 7.65. The summed E-state index contributed by atoms with van der Waals surface area (Å²) in [5.74, 6) is 0.774. The van der Waals surface area contributed by atoms with Gasteiger partial charge in [0.05, 0.1) is 5.02 Å². The van der Waals surface area contributed by atoms with Gasteiger partial charge in [0.2, 0.25) is 0 Å². The van der Waals surface area contributed by atoms with E-state index in [4.69, 9.17) is 17.3 Å². The third-order valence-electron chi connectivity index (χ3n) is 3.10. The molecule has 0 aliphatic heterocycles. The van der Waals surface area contributed by atoms with Crippen LogP contribution in [0, 0.1) is 5.92 Å². The van der Waals surface area contributed by atoms with Crippen molar-refractivity contribution >= 4 is 22.5 Å². The van der Waals surface area contributed by atoms with Crippen LogP contribution in [0.2, 0.25) is 5.02 Å². The Hall–Kier alpha value is -0.990. The van der Waals surface area contributed by atoms with Crippen LogP contribution in [0.5, 0.6) is 0 Å². The molecule has 0 spiro atoms. The summed E-state index contributed by atoms with van der Waals surface area (Å²) in [5.41, 5.74) is 7.97. The first kappa shape index (κ1) is 11.5. The Morgan fingerprint density at radius 3 is 2.56 bits per heavy atom. The van der Waals surface area contributed by atoms with E-state index in [1.54, 1.807) is 0 Å². The second-order valence-electron chi connectivity index (χ2n) is 4.48. The van der Waals surface area contributed by atoms with Crippen LogP contribution in [0.15, 0.2) is 24.3 Å². The predicted octanol–water partition coefficient (Wildman–Crippen LogP) is 3.52. The number of halogens is 1. The molecule has 0 saturated carbocycles. The monoisotopic (exact) mass is 236 g/mol. The highest BCUT2D eigenvalue weighted by atomic mass is 35.5. The minimum Gasteiger partial charge on any atom is -0.357 e.